The molecule has 0 radical (unpaired) electrons. The molecule has 0 bridgehead atoms. The molecule has 0 aliphatic carbocycles. The van der Waals surface area contributed by atoms with Gasteiger partial charge in [-0.3, -0.25) is 9.89 Å². The van der Waals surface area contributed by atoms with E-state index < -0.39 is 0 Å². The van der Waals surface area contributed by atoms with Gasteiger partial charge in [0.05, 0.1) is 6.54 Å². The molecule has 0 spiro atoms. The Kier molecular flexibility index (Phi) is 10.5. The van der Waals surface area contributed by atoms with E-state index in [0.29, 0.717) is 0 Å². The van der Waals surface area contributed by atoms with Crippen LogP contribution in [0.3, 0.4) is 0 Å². The molecule has 1 heterocycles. The highest BCUT2D eigenvalue weighted by atomic mass is 127. The van der Waals surface area contributed by atoms with E-state index in [1.807, 2.05) is 7.05 Å². The number of hydrogen-bond acceptors (Lipinski definition) is 2. The quantitative estimate of drug-likeness (QED) is 0.354. The molecule has 2 aromatic rings. The number of nitrogens with zero attached hydrogens (tertiary/aromatic N) is 4. The van der Waals surface area contributed by atoms with Gasteiger partial charge in [0.25, 0.3) is 0 Å². The van der Waals surface area contributed by atoms with E-state index in [4.69, 9.17) is 0 Å². The maximum atomic E-state index is 4.42. The highest BCUT2D eigenvalue weighted by molar-refractivity contribution is 14.0. The van der Waals surface area contributed by atoms with Crippen LogP contribution in [0.4, 0.5) is 0 Å². The highest BCUT2D eigenvalue weighted by Gasteiger charge is 2.09. The van der Waals surface area contributed by atoms with Crippen molar-refractivity contribution in [3.63, 3.8) is 0 Å². The van der Waals surface area contributed by atoms with E-state index >= 15 is 0 Å². The molecule has 0 unspecified atom stereocenters. The maximum absolute atomic E-state index is 4.42. The largest absolute Gasteiger partial charge is 0.353 e. The van der Waals surface area contributed by atoms with Crippen molar-refractivity contribution in [1.29, 1.82) is 0 Å². The summed E-state index contributed by atoms with van der Waals surface area (Å²) >= 11 is 0. The summed E-state index contributed by atoms with van der Waals surface area (Å²) in [6, 6.07) is 13.0. The number of aromatic nitrogens is 1. The Hall–Kier alpha value is -1.54. The molecule has 1 N–H and O–H groups in total. The number of benzene rings is 1. The maximum Gasteiger partial charge on any atom is 0.194 e. The molecular weight excluding hydrogens is 449 g/mol. The van der Waals surface area contributed by atoms with Gasteiger partial charge in [-0.1, -0.05) is 38.1 Å². The van der Waals surface area contributed by atoms with E-state index in [9.17, 15) is 0 Å². The molecule has 2 rings (SSSR count). The van der Waals surface area contributed by atoms with Gasteiger partial charge >= 0.3 is 0 Å². The van der Waals surface area contributed by atoms with Crippen molar-refractivity contribution < 1.29 is 0 Å². The second-order valence-electron chi connectivity index (χ2n) is 6.65. The van der Waals surface area contributed by atoms with Crippen LogP contribution in [-0.2, 0) is 26.7 Å². The number of hydrogen-bond donors (Lipinski definition) is 1. The highest BCUT2D eigenvalue weighted by Crippen LogP contribution is 2.09. The first kappa shape index (κ1) is 23.5. The van der Waals surface area contributed by atoms with E-state index in [1.165, 1.54) is 16.8 Å². The number of rotatable bonds is 8. The summed E-state index contributed by atoms with van der Waals surface area (Å²) in [5.41, 5.74) is 3.90. The Bertz CT molecular complexity index is 706. The molecule has 0 saturated heterocycles. The van der Waals surface area contributed by atoms with Crippen LogP contribution < -0.4 is 5.32 Å². The molecule has 27 heavy (non-hydrogen) atoms. The summed E-state index contributed by atoms with van der Waals surface area (Å²) in [5, 5.41) is 3.48. The Labute approximate surface area is 181 Å². The van der Waals surface area contributed by atoms with Gasteiger partial charge in [0.1, 0.15) is 0 Å². The molecule has 0 fully saturated rings. The van der Waals surface area contributed by atoms with E-state index in [1.54, 1.807) is 0 Å². The first-order valence-electron chi connectivity index (χ1n) is 9.39. The van der Waals surface area contributed by atoms with E-state index in [0.717, 1.165) is 38.7 Å². The fraction of sp³-hybridized carbons (Fsp3) is 0.476. The molecule has 0 saturated carbocycles. The minimum absolute atomic E-state index is 0. The third-order valence-electron chi connectivity index (χ3n) is 4.77. The lowest BCUT2D eigenvalue weighted by Gasteiger charge is -2.23. The van der Waals surface area contributed by atoms with Crippen molar-refractivity contribution in [2.75, 3.05) is 27.2 Å². The molecule has 1 aromatic carbocycles. The predicted molar refractivity (Wildman–Crippen MR) is 126 cm³/mol. The number of halogens is 1. The standard InChI is InChI=1S/C21H33N5.HI/c1-6-26(7-2)16-19-11-8-10-18(14-19)15-23-21(22-3)25(5)17-20-12-9-13-24(20)4;/h8-14H,6-7,15-17H2,1-5H3,(H,22,23);1H. The van der Waals surface area contributed by atoms with E-state index in [2.05, 4.69) is 95.2 Å². The lowest BCUT2D eigenvalue weighted by molar-refractivity contribution is 0.296. The molecule has 1 aromatic heterocycles. The van der Waals surface area contributed by atoms with Crippen molar-refractivity contribution in [3.05, 3.63) is 59.4 Å². The molecule has 150 valence electrons. The van der Waals surface area contributed by atoms with Gasteiger partial charge in [0, 0.05) is 46.1 Å². The van der Waals surface area contributed by atoms with Crippen LogP contribution in [0.25, 0.3) is 0 Å². The summed E-state index contributed by atoms with van der Waals surface area (Å²) in [5.74, 6) is 0.903. The van der Waals surface area contributed by atoms with E-state index in [-0.39, 0.29) is 24.0 Å². The van der Waals surface area contributed by atoms with Gasteiger partial charge in [-0.25, -0.2) is 0 Å². The van der Waals surface area contributed by atoms with Crippen LogP contribution in [0.5, 0.6) is 0 Å². The van der Waals surface area contributed by atoms with Gasteiger partial charge in [-0.05, 0) is 36.3 Å². The monoisotopic (exact) mass is 483 g/mol. The second-order valence-corrected chi connectivity index (χ2v) is 6.65. The van der Waals surface area contributed by atoms with Gasteiger partial charge in [-0.2, -0.15) is 0 Å². The average molecular weight is 483 g/mol. The normalized spacial score (nSPS) is 11.4. The first-order chi connectivity index (χ1) is 12.6. The van der Waals surface area contributed by atoms with Crippen LogP contribution in [0, 0.1) is 0 Å². The summed E-state index contributed by atoms with van der Waals surface area (Å²) in [6.45, 7) is 9.18. The van der Waals surface area contributed by atoms with Crippen molar-refractivity contribution in [3.8, 4) is 0 Å². The Morgan fingerprint density at radius 2 is 1.78 bits per heavy atom. The molecule has 0 atom stereocenters. The topological polar surface area (TPSA) is 35.8 Å². The zero-order valence-electron chi connectivity index (χ0n) is 17.3. The summed E-state index contributed by atoms with van der Waals surface area (Å²) < 4.78 is 2.14. The fourth-order valence-corrected chi connectivity index (χ4v) is 3.09. The average Bonchev–Trinajstić information content (AvgIpc) is 3.05. The molecule has 0 aliphatic heterocycles. The molecular formula is C21H34IN5. The lowest BCUT2D eigenvalue weighted by atomic mass is 10.1. The Morgan fingerprint density at radius 3 is 2.37 bits per heavy atom. The number of nitrogens with one attached hydrogen (secondary N) is 1. The van der Waals surface area contributed by atoms with Crippen LogP contribution in [0.2, 0.25) is 0 Å². The number of guanidine groups is 1. The smallest absolute Gasteiger partial charge is 0.194 e. The van der Waals surface area contributed by atoms with Crippen LogP contribution >= 0.6 is 24.0 Å². The zero-order valence-corrected chi connectivity index (χ0v) is 19.6. The number of aliphatic imine (C=N–C) groups is 1. The van der Waals surface area contributed by atoms with Crippen LogP contribution in [-0.4, -0.2) is 47.5 Å². The predicted octanol–water partition coefficient (Wildman–Crippen LogP) is 3.69. The van der Waals surface area contributed by atoms with Gasteiger partial charge in [0.2, 0.25) is 0 Å². The van der Waals surface area contributed by atoms with Crippen LogP contribution in [0.15, 0.2) is 47.6 Å². The second kappa shape index (κ2) is 12.0. The van der Waals surface area contributed by atoms with Crippen molar-refractivity contribution in [2.24, 2.45) is 12.0 Å². The minimum Gasteiger partial charge on any atom is -0.353 e. The SMILES string of the molecule is CCN(CC)Cc1cccc(CNC(=NC)N(C)Cc2cccn2C)c1.I. The van der Waals surface area contributed by atoms with Gasteiger partial charge < -0.3 is 14.8 Å². The number of aryl methyl sites for hydroxylation is 1. The molecule has 6 heteroatoms. The Balaban J connectivity index is 0.00000364. The summed E-state index contributed by atoms with van der Waals surface area (Å²) in [7, 11) is 5.97. The molecule has 0 amide bonds. The van der Waals surface area contributed by atoms with Crippen molar-refractivity contribution in [2.45, 2.75) is 33.5 Å². The van der Waals surface area contributed by atoms with Gasteiger partial charge in [-0.15, -0.1) is 24.0 Å². The summed E-state index contributed by atoms with van der Waals surface area (Å²) in [6.07, 6.45) is 2.07. The molecule has 5 nitrogen and oxygen atoms in total. The van der Waals surface area contributed by atoms with Crippen molar-refractivity contribution in [1.82, 2.24) is 19.7 Å². The minimum atomic E-state index is 0. The van der Waals surface area contributed by atoms with Gasteiger partial charge in [0.15, 0.2) is 5.96 Å². The first-order valence-corrected chi connectivity index (χ1v) is 9.39. The summed E-state index contributed by atoms with van der Waals surface area (Å²) in [4.78, 5) is 9.00. The Morgan fingerprint density at radius 1 is 1.07 bits per heavy atom. The van der Waals surface area contributed by atoms with Crippen LogP contribution in [0.1, 0.15) is 30.7 Å². The van der Waals surface area contributed by atoms with Crippen molar-refractivity contribution >= 4 is 29.9 Å². The lowest BCUT2D eigenvalue weighted by Crippen LogP contribution is -2.38. The third-order valence-corrected chi connectivity index (χ3v) is 4.77. The third kappa shape index (κ3) is 7.18. The zero-order chi connectivity index (χ0) is 18.9. The molecule has 0 aliphatic rings. The fourth-order valence-electron chi connectivity index (χ4n) is 3.09.